The van der Waals surface area contributed by atoms with Gasteiger partial charge in [-0.05, 0) is 17.5 Å². The molecule has 104 valence electrons. The highest BCUT2D eigenvalue weighted by Crippen LogP contribution is 2.20. The lowest BCUT2D eigenvalue weighted by molar-refractivity contribution is 0.654. The zero-order valence-electron chi connectivity index (χ0n) is 11.8. The molecule has 0 radical (unpaired) electrons. The molecule has 0 fully saturated rings. The van der Waals surface area contributed by atoms with Gasteiger partial charge in [-0.2, -0.15) is 0 Å². The number of benzene rings is 2. The fourth-order valence-electron chi connectivity index (χ4n) is 2.24. The Morgan fingerprint density at radius 2 is 1.65 bits per heavy atom. The average Bonchev–Trinajstić information content (AvgIpc) is 2.53. The third kappa shape index (κ3) is 4.12. The molecule has 0 aliphatic carbocycles. The second-order valence-corrected chi connectivity index (χ2v) is 4.79. The summed E-state index contributed by atoms with van der Waals surface area (Å²) in [7, 11) is 1.69. The molecule has 3 N–H and O–H groups in total. The van der Waals surface area contributed by atoms with E-state index in [9.17, 15) is 0 Å². The van der Waals surface area contributed by atoms with Gasteiger partial charge in [-0.25, -0.2) is 0 Å². The standard InChI is InChI=1S/C17H21N3/c1-19-17(18)20-13-16(15-10-6-3-7-11-15)12-14-8-4-2-5-9-14/h2-11,16H,12-13H2,1H3,(H3,18,19,20). The minimum Gasteiger partial charge on any atom is -0.370 e. The van der Waals surface area contributed by atoms with Gasteiger partial charge in [0.05, 0.1) is 0 Å². The van der Waals surface area contributed by atoms with Gasteiger partial charge in [0.1, 0.15) is 0 Å². The van der Waals surface area contributed by atoms with E-state index in [0.29, 0.717) is 11.9 Å². The van der Waals surface area contributed by atoms with Gasteiger partial charge in [0, 0.05) is 19.5 Å². The molecule has 0 bridgehead atoms. The summed E-state index contributed by atoms with van der Waals surface area (Å²) < 4.78 is 0. The van der Waals surface area contributed by atoms with Crippen LogP contribution in [-0.2, 0) is 6.42 Å². The van der Waals surface area contributed by atoms with Crippen LogP contribution >= 0.6 is 0 Å². The van der Waals surface area contributed by atoms with Crippen molar-refractivity contribution in [1.29, 1.82) is 0 Å². The van der Waals surface area contributed by atoms with Crippen LogP contribution in [0.1, 0.15) is 17.0 Å². The Kier molecular flexibility index (Phi) is 5.18. The zero-order chi connectivity index (χ0) is 14.2. The van der Waals surface area contributed by atoms with Crippen molar-refractivity contribution in [2.24, 2.45) is 10.7 Å². The van der Waals surface area contributed by atoms with Crippen LogP contribution in [0, 0.1) is 0 Å². The summed E-state index contributed by atoms with van der Waals surface area (Å²) in [6.45, 7) is 0.780. The van der Waals surface area contributed by atoms with Crippen molar-refractivity contribution < 1.29 is 0 Å². The molecular weight excluding hydrogens is 246 g/mol. The molecule has 2 aromatic carbocycles. The van der Waals surface area contributed by atoms with Gasteiger partial charge in [0.25, 0.3) is 0 Å². The molecule has 0 aromatic heterocycles. The van der Waals surface area contributed by atoms with Crippen molar-refractivity contribution in [3.05, 3.63) is 71.8 Å². The van der Waals surface area contributed by atoms with Crippen LogP contribution < -0.4 is 11.1 Å². The van der Waals surface area contributed by atoms with Gasteiger partial charge >= 0.3 is 0 Å². The van der Waals surface area contributed by atoms with E-state index >= 15 is 0 Å². The third-order valence-corrected chi connectivity index (χ3v) is 3.37. The van der Waals surface area contributed by atoms with E-state index in [1.165, 1.54) is 11.1 Å². The van der Waals surface area contributed by atoms with Crippen molar-refractivity contribution in [2.75, 3.05) is 13.6 Å². The molecule has 0 saturated carbocycles. The zero-order valence-corrected chi connectivity index (χ0v) is 11.8. The van der Waals surface area contributed by atoms with E-state index in [1.54, 1.807) is 7.05 Å². The van der Waals surface area contributed by atoms with Crippen LogP contribution in [0.25, 0.3) is 0 Å². The van der Waals surface area contributed by atoms with Crippen molar-refractivity contribution in [3.8, 4) is 0 Å². The lowest BCUT2D eigenvalue weighted by atomic mass is 9.92. The fourth-order valence-corrected chi connectivity index (χ4v) is 2.24. The van der Waals surface area contributed by atoms with Crippen LogP contribution in [-0.4, -0.2) is 19.6 Å². The number of hydrogen-bond acceptors (Lipinski definition) is 1. The first kappa shape index (κ1) is 14.1. The minimum absolute atomic E-state index is 0.374. The van der Waals surface area contributed by atoms with Crippen LogP contribution in [0.4, 0.5) is 0 Å². The van der Waals surface area contributed by atoms with E-state index in [1.807, 2.05) is 12.1 Å². The predicted octanol–water partition coefficient (Wildman–Crippen LogP) is 2.55. The second kappa shape index (κ2) is 7.34. The lowest BCUT2D eigenvalue weighted by Gasteiger charge is -2.18. The van der Waals surface area contributed by atoms with Crippen molar-refractivity contribution >= 4 is 5.96 Å². The summed E-state index contributed by atoms with van der Waals surface area (Å²) in [5, 5.41) is 3.18. The van der Waals surface area contributed by atoms with Crippen molar-refractivity contribution in [3.63, 3.8) is 0 Å². The highest BCUT2D eigenvalue weighted by molar-refractivity contribution is 5.77. The summed E-state index contributed by atoms with van der Waals surface area (Å²) >= 11 is 0. The molecule has 1 unspecified atom stereocenters. The Morgan fingerprint density at radius 3 is 2.25 bits per heavy atom. The molecular formula is C17H21N3. The van der Waals surface area contributed by atoms with Gasteiger partial charge in [-0.15, -0.1) is 0 Å². The monoisotopic (exact) mass is 267 g/mol. The van der Waals surface area contributed by atoms with E-state index in [2.05, 4.69) is 58.8 Å². The van der Waals surface area contributed by atoms with E-state index < -0.39 is 0 Å². The van der Waals surface area contributed by atoms with Crippen LogP contribution in [0.15, 0.2) is 65.7 Å². The molecule has 0 aliphatic heterocycles. The molecule has 0 heterocycles. The highest BCUT2D eigenvalue weighted by Gasteiger charge is 2.12. The summed E-state index contributed by atoms with van der Waals surface area (Å²) in [5.41, 5.74) is 8.37. The topological polar surface area (TPSA) is 50.4 Å². The Labute approximate surface area is 120 Å². The second-order valence-electron chi connectivity index (χ2n) is 4.79. The van der Waals surface area contributed by atoms with E-state index in [-0.39, 0.29) is 0 Å². The van der Waals surface area contributed by atoms with Crippen LogP contribution in [0.2, 0.25) is 0 Å². The Morgan fingerprint density at radius 1 is 1.05 bits per heavy atom. The van der Waals surface area contributed by atoms with Gasteiger partial charge in [0.15, 0.2) is 5.96 Å². The molecule has 3 nitrogen and oxygen atoms in total. The van der Waals surface area contributed by atoms with Crippen LogP contribution in [0.3, 0.4) is 0 Å². The maximum Gasteiger partial charge on any atom is 0.188 e. The van der Waals surface area contributed by atoms with Gasteiger partial charge in [-0.1, -0.05) is 60.7 Å². The summed E-state index contributed by atoms with van der Waals surface area (Å²) in [6, 6.07) is 21.0. The largest absolute Gasteiger partial charge is 0.370 e. The normalized spacial score (nSPS) is 12.9. The van der Waals surface area contributed by atoms with Gasteiger partial charge < -0.3 is 11.1 Å². The number of hydrogen-bond donors (Lipinski definition) is 2. The smallest absolute Gasteiger partial charge is 0.188 e. The molecule has 2 rings (SSSR count). The predicted molar refractivity (Wildman–Crippen MR) is 84.9 cm³/mol. The van der Waals surface area contributed by atoms with Gasteiger partial charge in [-0.3, -0.25) is 4.99 Å². The third-order valence-electron chi connectivity index (χ3n) is 3.37. The molecule has 0 spiro atoms. The maximum absolute atomic E-state index is 5.73. The first-order valence-electron chi connectivity index (χ1n) is 6.84. The molecule has 1 atom stereocenters. The van der Waals surface area contributed by atoms with Crippen LogP contribution in [0.5, 0.6) is 0 Å². The molecule has 2 aromatic rings. The average molecular weight is 267 g/mol. The first-order valence-corrected chi connectivity index (χ1v) is 6.84. The maximum atomic E-state index is 5.73. The quantitative estimate of drug-likeness (QED) is 0.646. The van der Waals surface area contributed by atoms with E-state index in [4.69, 9.17) is 5.73 Å². The Bertz CT molecular complexity index is 535. The van der Waals surface area contributed by atoms with Gasteiger partial charge in [0.2, 0.25) is 0 Å². The number of nitrogens with two attached hydrogens (primary N) is 1. The molecule has 20 heavy (non-hydrogen) atoms. The number of aliphatic imine (C=N–C) groups is 1. The Hall–Kier alpha value is -2.29. The van der Waals surface area contributed by atoms with Crippen molar-refractivity contribution in [1.82, 2.24) is 5.32 Å². The number of guanidine groups is 1. The van der Waals surface area contributed by atoms with E-state index in [0.717, 1.165) is 13.0 Å². The molecule has 3 heteroatoms. The number of rotatable bonds is 5. The SMILES string of the molecule is CN=C(N)NCC(Cc1ccccc1)c1ccccc1. The highest BCUT2D eigenvalue weighted by atomic mass is 15.1. The minimum atomic E-state index is 0.374. The Balaban J connectivity index is 2.12. The lowest BCUT2D eigenvalue weighted by Crippen LogP contribution is -2.35. The summed E-state index contributed by atoms with van der Waals surface area (Å²) in [4.78, 5) is 3.94. The molecule has 0 aliphatic rings. The first-order chi connectivity index (χ1) is 9.79. The molecule has 0 amide bonds. The van der Waals surface area contributed by atoms with Crippen molar-refractivity contribution in [2.45, 2.75) is 12.3 Å². The fraction of sp³-hybridized carbons (Fsp3) is 0.235. The summed E-state index contributed by atoms with van der Waals surface area (Å²) in [6.07, 6.45) is 0.981. The summed E-state index contributed by atoms with van der Waals surface area (Å²) in [5.74, 6) is 0.859. The molecule has 0 saturated heterocycles. The number of nitrogens with zero attached hydrogens (tertiary/aromatic N) is 1. The number of nitrogens with one attached hydrogen (secondary N) is 1.